The number of carbonyl (C=O) groups excluding carboxylic acids is 1. The van der Waals surface area contributed by atoms with Crippen molar-refractivity contribution in [3.8, 4) is 0 Å². The Hall–Kier alpha value is -2.01. The number of sulfone groups is 1. The summed E-state index contributed by atoms with van der Waals surface area (Å²) in [7, 11) is -3.40. The quantitative estimate of drug-likeness (QED) is 0.410. The Bertz CT molecular complexity index is 1030. The van der Waals surface area contributed by atoms with Gasteiger partial charge in [0.15, 0.2) is 21.5 Å². The molecule has 1 saturated carbocycles. The van der Waals surface area contributed by atoms with Crippen molar-refractivity contribution in [2.75, 3.05) is 24.7 Å². The van der Waals surface area contributed by atoms with Crippen molar-refractivity contribution in [1.29, 1.82) is 0 Å². The molecule has 1 saturated heterocycles. The molecule has 2 aliphatic rings. The van der Waals surface area contributed by atoms with Crippen LogP contribution in [0.15, 0.2) is 28.7 Å². The molecule has 1 aromatic carbocycles. The van der Waals surface area contributed by atoms with Gasteiger partial charge in [0, 0.05) is 19.3 Å². The lowest BCUT2D eigenvalue weighted by Crippen LogP contribution is -2.55. The molecule has 1 aliphatic heterocycles. The van der Waals surface area contributed by atoms with Gasteiger partial charge in [0.2, 0.25) is 11.8 Å². The van der Waals surface area contributed by atoms with Gasteiger partial charge < -0.3 is 24.9 Å². The minimum Gasteiger partial charge on any atom is -0.438 e. The molecule has 4 rings (SSSR count). The summed E-state index contributed by atoms with van der Waals surface area (Å²) in [5.74, 6) is -0.221. The number of rotatable bonds is 12. The lowest BCUT2D eigenvalue weighted by atomic mass is 10.0. The number of hydrogen-bond donors (Lipinski definition) is 3. The summed E-state index contributed by atoms with van der Waals surface area (Å²) in [5.41, 5.74) is 1.19. The predicted molar refractivity (Wildman–Crippen MR) is 128 cm³/mol. The third kappa shape index (κ3) is 6.78. The van der Waals surface area contributed by atoms with Gasteiger partial charge >= 0.3 is 0 Å². The molecule has 0 radical (unpaired) electrons. The molecule has 1 aliphatic carbocycles. The second kappa shape index (κ2) is 11.2. The van der Waals surface area contributed by atoms with E-state index >= 15 is 0 Å². The number of benzene rings is 1. The van der Waals surface area contributed by atoms with Gasteiger partial charge in [-0.15, -0.1) is 0 Å². The SMILES string of the molecule is CCC[C@H](NC(=O)[C@H](CS(=O)(=O)CC1CC1)NC1CCOCC1)C(O)c1nc2ccccc2o1. The van der Waals surface area contributed by atoms with Gasteiger partial charge in [0.25, 0.3) is 0 Å². The molecule has 1 aromatic heterocycles. The molecular weight excluding hydrogens is 458 g/mol. The van der Waals surface area contributed by atoms with Crippen LogP contribution >= 0.6 is 0 Å². The maximum Gasteiger partial charge on any atom is 0.238 e. The van der Waals surface area contributed by atoms with Crippen LogP contribution < -0.4 is 10.6 Å². The van der Waals surface area contributed by atoms with E-state index in [1.165, 1.54) is 0 Å². The van der Waals surface area contributed by atoms with E-state index in [1.807, 2.05) is 19.1 Å². The van der Waals surface area contributed by atoms with Crippen LogP contribution in [-0.4, -0.2) is 67.3 Å². The number of nitrogens with one attached hydrogen (secondary N) is 2. The minimum absolute atomic E-state index is 0.00668. The Kier molecular flexibility index (Phi) is 8.23. The minimum atomic E-state index is -3.40. The molecule has 2 fully saturated rings. The van der Waals surface area contributed by atoms with Crippen LogP contribution in [0.4, 0.5) is 0 Å². The normalized spacial score (nSPS) is 20.2. The average molecular weight is 494 g/mol. The van der Waals surface area contributed by atoms with Crippen molar-refractivity contribution in [3.63, 3.8) is 0 Å². The molecule has 0 spiro atoms. The zero-order valence-electron chi connectivity index (χ0n) is 19.6. The fourth-order valence-corrected chi connectivity index (χ4v) is 6.35. The zero-order chi connectivity index (χ0) is 24.1. The fourth-order valence-electron chi connectivity index (χ4n) is 4.41. The highest BCUT2D eigenvalue weighted by Gasteiger charge is 2.35. The molecular formula is C24H35N3O6S. The van der Waals surface area contributed by atoms with E-state index in [4.69, 9.17) is 9.15 Å². The van der Waals surface area contributed by atoms with Crippen LogP contribution in [0.3, 0.4) is 0 Å². The largest absolute Gasteiger partial charge is 0.438 e. The number of aliphatic hydroxyl groups excluding tert-OH is 1. The highest BCUT2D eigenvalue weighted by molar-refractivity contribution is 7.91. The first-order valence-electron chi connectivity index (χ1n) is 12.2. The number of aromatic nitrogens is 1. The Labute approximate surface area is 200 Å². The van der Waals surface area contributed by atoms with Gasteiger partial charge in [0.1, 0.15) is 11.6 Å². The van der Waals surface area contributed by atoms with Crippen molar-refractivity contribution in [2.24, 2.45) is 5.92 Å². The summed E-state index contributed by atoms with van der Waals surface area (Å²) < 4.78 is 36.7. The van der Waals surface area contributed by atoms with Gasteiger partial charge in [-0.25, -0.2) is 13.4 Å². The molecule has 1 amide bonds. The van der Waals surface area contributed by atoms with E-state index in [0.717, 1.165) is 25.7 Å². The lowest BCUT2D eigenvalue weighted by Gasteiger charge is -2.30. The Morgan fingerprint density at radius 1 is 1.21 bits per heavy atom. The van der Waals surface area contributed by atoms with E-state index in [0.29, 0.717) is 37.2 Å². The molecule has 9 nitrogen and oxygen atoms in total. The summed E-state index contributed by atoms with van der Waals surface area (Å²) in [4.78, 5) is 17.7. The van der Waals surface area contributed by atoms with Crippen LogP contribution in [-0.2, 0) is 19.4 Å². The van der Waals surface area contributed by atoms with E-state index in [2.05, 4.69) is 15.6 Å². The summed E-state index contributed by atoms with van der Waals surface area (Å²) in [6.07, 6.45) is 3.35. The Morgan fingerprint density at radius 3 is 2.62 bits per heavy atom. The first kappa shape index (κ1) is 25.1. The number of amides is 1. The summed E-state index contributed by atoms with van der Waals surface area (Å²) >= 11 is 0. The third-order valence-corrected chi connectivity index (χ3v) is 8.27. The molecule has 2 heterocycles. The number of hydrogen-bond acceptors (Lipinski definition) is 8. The van der Waals surface area contributed by atoms with Crippen LogP contribution in [0.25, 0.3) is 11.1 Å². The molecule has 10 heteroatoms. The van der Waals surface area contributed by atoms with Gasteiger partial charge in [-0.1, -0.05) is 25.5 Å². The van der Waals surface area contributed by atoms with E-state index in [9.17, 15) is 18.3 Å². The second-order valence-corrected chi connectivity index (χ2v) is 11.6. The van der Waals surface area contributed by atoms with Crippen molar-refractivity contribution in [3.05, 3.63) is 30.2 Å². The first-order chi connectivity index (χ1) is 16.3. The second-order valence-electron chi connectivity index (χ2n) is 9.49. The monoisotopic (exact) mass is 493 g/mol. The summed E-state index contributed by atoms with van der Waals surface area (Å²) in [6.45, 7) is 3.11. The van der Waals surface area contributed by atoms with Gasteiger partial charge in [-0.2, -0.15) is 0 Å². The van der Waals surface area contributed by atoms with Crippen molar-refractivity contribution >= 4 is 26.8 Å². The summed E-state index contributed by atoms with van der Waals surface area (Å²) in [5, 5.41) is 17.2. The van der Waals surface area contributed by atoms with Crippen LogP contribution in [0, 0.1) is 5.92 Å². The molecule has 2 aromatic rings. The topological polar surface area (TPSA) is 131 Å². The lowest BCUT2D eigenvalue weighted by molar-refractivity contribution is -0.124. The maximum atomic E-state index is 13.4. The van der Waals surface area contributed by atoms with Crippen molar-refractivity contribution in [1.82, 2.24) is 15.6 Å². The highest BCUT2D eigenvalue weighted by atomic mass is 32.2. The van der Waals surface area contributed by atoms with Gasteiger partial charge in [0.05, 0.1) is 17.5 Å². The third-order valence-electron chi connectivity index (χ3n) is 6.45. The van der Waals surface area contributed by atoms with Gasteiger partial charge in [-0.3, -0.25) is 4.79 Å². The Morgan fingerprint density at radius 2 is 1.94 bits per heavy atom. The standard InChI is InChI=1S/C24H35N3O6S/c1-2-5-19(22(28)24-27-18-6-3-4-7-21(18)33-24)26-23(29)20(25-17-10-12-32-13-11-17)15-34(30,31)14-16-8-9-16/h3-4,6-7,16-17,19-20,22,25,28H,2,5,8-15H2,1H3,(H,26,29)/t19-,20-,22?/m0/s1. The van der Waals surface area contributed by atoms with E-state index < -0.39 is 33.9 Å². The van der Waals surface area contributed by atoms with Crippen LogP contribution in [0.2, 0.25) is 0 Å². The first-order valence-corrected chi connectivity index (χ1v) is 14.0. The highest BCUT2D eigenvalue weighted by Crippen LogP contribution is 2.30. The van der Waals surface area contributed by atoms with Gasteiger partial charge in [-0.05, 0) is 50.2 Å². The molecule has 0 bridgehead atoms. The average Bonchev–Trinajstić information content (AvgIpc) is 3.51. The molecule has 1 unspecified atom stereocenters. The van der Waals surface area contributed by atoms with Crippen LogP contribution in [0.1, 0.15) is 57.4 Å². The zero-order valence-corrected chi connectivity index (χ0v) is 20.4. The maximum absolute atomic E-state index is 13.4. The number of aliphatic hydroxyl groups is 1. The van der Waals surface area contributed by atoms with Crippen molar-refractivity contribution < 1.29 is 27.5 Å². The van der Waals surface area contributed by atoms with Crippen LogP contribution in [0.5, 0.6) is 0 Å². The number of oxazole rings is 1. The number of carbonyl (C=O) groups is 1. The molecule has 3 atom stereocenters. The van der Waals surface area contributed by atoms with E-state index in [1.54, 1.807) is 12.1 Å². The summed E-state index contributed by atoms with van der Waals surface area (Å²) in [6, 6.07) is 5.67. The smallest absolute Gasteiger partial charge is 0.238 e. The Balaban J connectivity index is 1.48. The number of fused-ring (bicyclic) bond motifs is 1. The van der Waals surface area contributed by atoms with E-state index in [-0.39, 0.29) is 29.4 Å². The molecule has 3 N–H and O–H groups in total. The molecule has 188 valence electrons. The van der Waals surface area contributed by atoms with Crippen molar-refractivity contribution in [2.45, 2.75) is 69.7 Å². The fraction of sp³-hybridized carbons (Fsp3) is 0.667. The molecule has 34 heavy (non-hydrogen) atoms. The number of nitrogens with zero attached hydrogens (tertiary/aromatic N) is 1. The predicted octanol–water partition coefficient (Wildman–Crippen LogP) is 2.11. The number of ether oxygens (including phenoxy) is 1. The number of para-hydroxylation sites is 2.